The summed E-state index contributed by atoms with van der Waals surface area (Å²) in [5.41, 5.74) is 3.29. The molecule has 0 atom stereocenters. The summed E-state index contributed by atoms with van der Waals surface area (Å²) in [7, 11) is 0. The number of anilines is 2. The van der Waals surface area contributed by atoms with Crippen molar-refractivity contribution in [1.82, 2.24) is 5.32 Å². The standard InChI is InChI=1S/C39H39Cl4F2N3O6/c1-5-7-46-31-11-21(3)9-25(35(31)44)19-52-37-27(40)13-23(14-28(37)41)15-33(49)54-34(50)18-48-39(51)24-16-29(42)38(30(43)17-24)53-20-26-10-22(4)12-32(36(26)45)47-8-6-2/h9-14,16-17,46-47H,5-8,15,18-20H2,1-4H3,(H,48,51). The average Bonchev–Trinajstić information content (AvgIpc) is 3.10. The molecule has 9 nitrogen and oxygen atoms in total. The highest BCUT2D eigenvalue weighted by atomic mass is 35.5. The van der Waals surface area contributed by atoms with Crippen molar-refractivity contribution in [1.29, 1.82) is 0 Å². The number of hydrogen-bond acceptors (Lipinski definition) is 8. The number of carbonyl (C=O) groups excluding carboxylic acids is 3. The molecule has 0 aromatic heterocycles. The van der Waals surface area contributed by atoms with Gasteiger partial charge in [0.1, 0.15) is 19.8 Å². The van der Waals surface area contributed by atoms with E-state index >= 15 is 8.78 Å². The van der Waals surface area contributed by atoms with Crippen LogP contribution in [0.4, 0.5) is 20.2 Å². The quantitative estimate of drug-likeness (QED) is 0.0713. The monoisotopic (exact) mass is 823 g/mol. The second kappa shape index (κ2) is 19.9. The molecule has 4 aromatic carbocycles. The number of aryl methyl sites for hydroxylation is 2. The fourth-order valence-electron chi connectivity index (χ4n) is 5.28. The average molecular weight is 826 g/mol. The summed E-state index contributed by atoms with van der Waals surface area (Å²) in [4.78, 5) is 37.7. The van der Waals surface area contributed by atoms with Crippen LogP contribution in [-0.4, -0.2) is 37.5 Å². The molecule has 0 aliphatic rings. The minimum absolute atomic E-state index is 0.00501. The van der Waals surface area contributed by atoms with Crippen molar-refractivity contribution in [3.05, 3.63) is 114 Å². The maximum atomic E-state index is 15.0. The minimum Gasteiger partial charge on any atom is -0.486 e. The molecule has 0 radical (unpaired) electrons. The van der Waals surface area contributed by atoms with Crippen LogP contribution in [0.25, 0.3) is 0 Å². The number of hydrogen-bond donors (Lipinski definition) is 3. The fraction of sp³-hybridized carbons (Fsp3) is 0.308. The Bertz CT molecular complexity index is 1990. The van der Waals surface area contributed by atoms with Crippen LogP contribution in [0.15, 0.2) is 48.5 Å². The Hall–Kier alpha value is -4.29. The summed E-state index contributed by atoms with van der Waals surface area (Å²) in [6.45, 7) is 7.85. The zero-order chi connectivity index (χ0) is 39.5. The van der Waals surface area contributed by atoms with Crippen LogP contribution in [0, 0.1) is 25.5 Å². The molecule has 0 aliphatic heterocycles. The van der Waals surface area contributed by atoms with E-state index in [0.717, 1.165) is 24.0 Å². The lowest BCUT2D eigenvalue weighted by molar-refractivity contribution is -0.158. The van der Waals surface area contributed by atoms with E-state index in [4.69, 9.17) is 60.6 Å². The molecule has 0 saturated heterocycles. The highest BCUT2D eigenvalue weighted by molar-refractivity contribution is 6.38. The van der Waals surface area contributed by atoms with Gasteiger partial charge in [0.25, 0.3) is 5.91 Å². The summed E-state index contributed by atoms with van der Waals surface area (Å²) in [5.74, 6) is -3.48. The number of halogens is 6. The van der Waals surface area contributed by atoms with Gasteiger partial charge in [-0.25, -0.2) is 13.6 Å². The van der Waals surface area contributed by atoms with Crippen molar-refractivity contribution in [3.8, 4) is 11.5 Å². The zero-order valence-corrected chi connectivity index (χ0v) is 33.0. The van der Waals surface area contributed by atoms with E-state index in [1.54, 1.807) is 24.3 Å². The zero-order valence-electron chi connectivity index (χ0n) is 30.0. The van der Waals surface area contributed by atoms with E-state index in [0.29, 0.717) is 35.6 Å². The maximum absolute atomic E-state index is 15.0. The molecule has 0 heterocycles. The fourth-order valence-corrected chi connectivity index (χ4v) is 6.51. The van der Waals surface area contributed by atoms with Gasteiger partial charge in [-0.3, -0.25) is 9.59 Å². The molecule has 288 valence electrons. The first-order valence-electron chi connectivity index (χ1n) is 17.0. The second-order valence-electron chi connectivity index (χ2n) is 12.4. The van der Waals surface area contributed by atoms with Crippen LogP contribution in [0.3, 0.4) is 0 Å². The Labute approximate surface area is 332 Å². The van der Waals surface area contributed by atoms with E-state index in [2.05, 4.69) is 16.0 Å². The number of ether oxygens (including phenoxy) is 3. The predicted molar refractivity (Wildman–Crippen MR) is 209 cm³/mol. The number of carbonyl (C=O) groups is 3. The highest BCUT2D eigenvalue weighted by Crippen LogP contribution is 2.37. The van der Waals surface area contributed by atoms with Crippen molar-refractivity contribution < 1.29 is 37.4 Å². The third-order valence-electron chi connectivity index (χ3n) is 7.75. The largest absolute Gasteiger partial charge is 0.486 e. The van der Waals surface area contributed by atoms with Gasteiger partial charge in [-0.2, -0.15) is 0 Å². The molecule has 3 N–H and O–H groups in total. The SMILES string of the molecule is CCCNc1cc(C)cc(COc2c(Cl)cc(CC(=O)OC(=O)CNC(=O)c3cc(Cl)c(OCc4cc(C)cc(NCCC)c4F)c(Cl)c3)cc2Cl)c1F. The van der Waals surface area contributed by atoms with Gasteiger partial charge in [-0.05, 0) is 91.9 Å². The van der Waals surface area contributed by atoms with Gasteiger partial charge in [0.05, 0.1) is 37.9 Å². The van der Waals surface area contributed by atoms with Crippen LogP contribution < -0.4 is 25.4 Å². The van der Waals surface area contributed by atoms with Crippen LogP contribution >= 0.6 is 46.4 Å². The van der Waals surface area contributed by atoms with E-state index in [1.807, 2.05) is 27.7 Å². The Morgan fingerprint density at radius 2 is 1.09 bits per heavy atom. The first-order chi connectivity index (χ1) is 25.7. The van der Waals surface area contributed by atoms with Crippen molar-refractivity contribution >= 4 is 75.6 Å². The molecule has 0 unspecified atom stereocenters. The van der Waals surface area contributed by atoms with Crippen molar-refractivity contribution in [2.45, 2.75) is 60.2 Å². The number of esters is 2. The number of benzene rings is 4. The Kier molecular flexibility index (Phi) is 15.6. The Morgan fingerprint density at radius 1 is 0.648 bits per heavy atom. The second-order valence-corrected chi connectivity index (χ2v) is 14.0. The predicted octanol–water partition coefficient (Wildman–Crippen LogP) is 10.0. The molecule has 54 heavy (non-hydrogen) atoms. The summed E-state index contributed by atoms with van der Waals surface area (Å²) in [6, 6.07) is 12.1. The number of amides is 1. The first kappa shape index (κ1) is 42.5. The minimum atomic E-state index is -1.04. The van der Waals surface area contributed by atoms with Gasteiger partial charge >= 0.3 is 11.9 Å². The number of rotatable bonds is 17. The molecule has 0 spiro atoms. The van der Waals surface area contributed by atoms with E-state index in [1.165, 1.54) is 24.3 Å². The molecular weight excluding hydrogens is 786 g/mol. The van der Waals surface area contributed by atoms with Crippen molar-refractivity contribution in [3.63, 3.8) is 0 Å². The van der Waals surface area contributed by atoms with Crippen LogP contribution in [0.2, 0.25) is 20.1 Å². The van der Waals surface area contributed by atoms with E-state index < -0.39 is 36.0 Å². The van der Waals surface area contributed by atoms with E-state index in [-0.39, 0.29) is 62.4 Å². The summed E-state index contributed by atoms with van der Waals surface area (Å²) < 4.78 is 46.4. The third-order valence-corrected chi connectivity index (χ3v) is 8.87. The van der Waals surface area contributed by atoms with Crippen LogP contribution in [-0.2, 0) is 34.0 Å². The Balaban J connectivity index is 1.29. The lowest BCUT2D eigenvalue weighted by Crippen LogP contribution is -2.32. The summed E-state index contributed by atoms with van der Waals surface area (Å²) in [6.07, 6.45) is 1.27. The van der Waals surface area contributed by atoms with Crippen LogP contribution in [0.5, 0.6) is 11.5 Å². The van der Waals surface area contributed by atoms with Gasteiger partial charge in [0, 0.05) is 29.8 Å². The van der Waals surface area contributed by atoms with Crippen molar-refractivity contribution in [2.75, 3.05) is 30.3 Å². The lowest BCUT2D eigenvalue weighted by atomic mass is 10.1. The van der Waals surface area contributed by atoms with Gasteiger partial charge < -0.3 is 30.2 Å². The molecule has 4 aromatic rings. The third kappa shape index (κ3) is 11.6. The molecule has 0 bridgehead atoms. The van der Waals surface area contributed by atoms with Crippen LogP contribution in [0.1, 0.15) is 64.9 Å². The first-order valence-corrected chi connectivity index (χ1v) is 18.5. The summed E-state index contributed by atoms with van der Waals surface area (Å²) in [5, 5.41) is 8.52. The van der Waals surface area contributed by atoms with Gasteiger partial charge in [0.2, 0.25) is 0 Å². The Morgan fingerprint density at radius 3 is 1.54 bits per heavy atom. The molecule has 0 aliphatic carbocycles. The van der Waals surface area contributed by atoms with E-state index in [9.17, 15) is 14.4 Å². The van der Waals surface area contributed by atoms with Gasteiger partial charge in [0.15, 0.2) is 23.1 Å². The molecule has 1 amide bonds. The normalized spacial score (nSPS) is 10.9. The molecule has 4 rings (SSSR count). The highest BCUT2D eigenvalue weighted by Gasteiger charge is 2.20. The van der Waals surface area contributed by atoms with Gasteiger partial charge in [-0.1, -0.05) is 60.3 Å². The molecule has 0 fully saturated rings. The number of nitrogens with one attached hydrogen (secondary N) is 3. The maximum Gasteiger partial charge on any atom is 0.333 e. The van der Waals surface area contributed by atoms with Gasteiger partial charge in [-0.15, -0.1) is 0 Å². The smallest absolute Gasteiger partial charge is 0.333 e. The topological polar surface area (TPSA) is 115 Å². The molecule has 15 heteroatoms. The summed E-state index contributed by atoms with van der Waals surface area (Å²) >= 11 is 25.5. The lowest BCUT2D eigenvalue weighted by Gasteiger charge is -2.15. The van der Waals surface area contributed by atoms with Crippen molar-refractivity contribution in [2.24, 2.45) is 0 Å². The molecule has 0 saturated carbocycles. The molecular formula is C39H39Cl4F2N3O6.